The Balaban J connectivity index is 2.40. The van der Waals surface area contributed by atoms with Crippen molar-refractivity contribution in [3.8, 4) is 6.07 Å². The molecule has 0 saturated heterocycles. The summed E-state index contributed by atoms with van der Waals surface area (Å²) in [6.07, 6.45) is 0. The zero-order valence-corrected chi connectivity index (χ0v) is 11.0. The van der Waals surface area contributed by atoms with Gasteiger partial charge in [0.1, 0.15) is 0 Å². The Kier molecular flexibility index (Phi) is 3.78. The van der Waals surface area contributed by atoms with E-state index in [-0.39, 0.29) is 5.56 Å². The van der Waals surface area contributed by atoms with Crippen molar-refractivity contribution >= 4 is 34.6 Å². The van der Waals surface area contributed by atoms with Gasteiger partial charge in [-0.2, -0.15) is 5.26 Å². The van der Waals surface area contributed by atoms with Gasteiger partial charge in [0, 0.05) is 5.69 Å². The molecule has 0 aliphatic carbocycles. The van der Waals surface area contributed by atoms with Crippen molar-refractivity contribution in [2.75, 3.05) is 11.1 Å². The third-order valence-corrected chi connectivity index (χ3v) is 2.95. The molecule has 0 aliphatic heterocycles. The van der Waals surface area contributed by atoms with Gasteiger partial charge in [0.15, 0.2) is 0 Å². The van der Waals surface area contributed by atoms with E-state index in [1.54, 1.807) is 24.3 Å². The molecule has 0 saturated carbocycles. The number of aromatic carboxylic acids is 1. The molecule has 100 valence electrons. The molecule has 2 rings (SSSR count). The number of halogens is 1. The number of carbonyl (C=O) groups is 1. The van der Waals surface area contributed by atoms with Crippen LogP contribution in [-0.2, 0) is 0 Å². The largest absolute Gasteiger partial charge is 0.478 e. The fourth-order valence-electron chi connectivity index (χ4n) is 1.68. The standard InChI is InChI=1S/C14H10ClN3O2/c15-11-5-8(7-16)1-3-13(11)18-12-4-2-9(17)6-10(12)14(19)20/h1-6,18H,17H2,(H,19,20). The lowest BCUT2D eigenvalue weighted by Crippen LogP contribution is -2.04. The summed E-state index contributed by atoms with van der Waals surface area (Å²) in [5, 5.41) is 21.2. The van der Waals surface area contributed by atoms with Crippen LogP contribution in [0.25, 0.3) is 0 Å². The molecule has 0 heterocycles. The summed E-state index contributed by atoms with van der Waals surface area (Å²) >= 11 is 6.04. The van der Waals surface area contributed by atoms with Gasteiger partial charge in [-0.25, -0.2) is 4.79 Å². The highest BCUT2D eigenvalue weighted by molar-refractivity contribution is 6.33. The summed E-state index contributed by atoms with van der Waals surface area (Å²) in [5.74, 6) is -1.09. The van der Waals surface area contributed by atoms with Gasteiger partial charge in [0.2, 0.25) is 0 Å². The summed E-state index contributed by atoms with van der Waals surface area (Å²) in [6.45, 7) is 0. The van der Waals surface area contributed by atoms with Gasteiger partial charge < -0.3 is 16.2 Å². The number of nitrogen functional groups attached to an aromatic ring is 1. The summed E-state index contributed by atoms with van der Waals surface area (Å²) in [6, 6.07) is 11.2. The van der Waals surface area contributed by atoms with Gasteiger partial charge in [-0.15, -0.1) is 0 Å². The van der Waals surface area contributed by atoms with Crippen molar-refractivity contribution in [1.82, 2.24) is 0 Å². The average Bonchev–Trinajstić information content (AvgIpc) is 2.42. The first kappa shape index (κ1) is 13.7. The number of hydrogen-bond acceptors (Lipinski definition) is 4. The highest BCUT2D eigenvalue weighted by Crippen LogP contribution is 2.29. The summed E-state index contributed by atoms with van der Waals surface area (Å²) in [7, 11) is 0. The summed E-state index contributed by atoms with van der Waals surface area (Å²) in [4.78, 5) is 11.2. The Bertz CT molecular complexity index is 723. The molecular formula is C14H10ClN3O2. The number of carboxylic acid groups (broad SMARTS) is 1. The maximum Gasteiger partial charge on any atom is 0.337 e. The van der Waals surface area contributed by atoms with E-state index < -0.39 is 5.97 Å². The zero-order valence-electron chi connectivity index (χ0n) is 10.2. The number of hydrogen-bond donors (Lipinski definition) is 3. The van der Waals surface area contributed by atoms with Gasteiger partial charge >= 0.3 is 5.97 Å². The molecule has 6 heteroatoms. The smallest absolute Gasteiger partial charge is 0.337 e. The van der Waals surface area contributed by atoms with Crippen LogP contribution in [0, 0.1) is 11.3 Å². The Labute approximate surface area is 120 Å². The molecule has 2 aromatic carbocycles. The zero-order chi connectivity index (χ0) is 14.7. The second-order valence-corrected chi connectivity index (χ2v) is 4.45. The second kappa shape index (κ2) is 5.51. The van der Waals surface area contributed by atoms with Crippen LogP contribution < -0.4 is 11.1 Å². The van der Waals surface area contributed by atoms with Crippen molar-refractivity contribution in [1.29, 1.82) is 5.26 Å². The van der Waals surface area contributed by atoms with Gasteiger partial charge in [-0.3, -0.25) is 0 Å². The predicted molar refractivity (Wildman–Crippen MR) is 77.3 cm³/mol. The maximum atomic E-state index is 11.2. The minimum absolute atomic E-state index is 0.0467. The predicted octanol–water partition coefficient (Wildman–Crippen LogP) is 3.24. The molecule has 2 aromatic rings. The molecule has 0 aliphatic rings. The minimum atomic E-state index is -1.09. The van der Waals surface area contributed by atoms with E-state index in [0.717, 1.165) is 0 Å². The van der Waals surface area contributed by atoms with E-state index in [2.05, 4.69) is 5.32 Å². The third kappa shape index (κ3) is 2.82. The first-order valence-electron chi connectivity index (χ1n) is 5.61. The fourth-order valence-corrected chi connectivity index (χ4v) is 1.91. The molecule has 0 amide bonds. The first-order valence-corrected chi connectivity index (χ1v) is 5.98. The monoisotopic (exact) mass is 287 g/mol. The Morgan fingerprint density at radius 2 is 1.95 bits per heavy atom. The molecule has 0 spiro atoms. The van der Waals surface area contributed by atoms with E-state index in [0.29, 0.717) is 27.6 Å². The number of rotatable bonds is 3. The molecule has 0 unspecified atom stereocenters. The van der Waals surface area contributed by atoms with Crippen LogP contribution in [0.5, 0.6) is 0 Å². The number of benzene rings is 2. The number of nitrogens with two attached hydrogens (primary N) is 1. The van der Waals surface area contributed by atoms with Crippen LogP contribution in [0.15, 0.2) is 36.4 Å². The Morgan fingerprint density at radius 3 is 2.55 bits per heavy atom. The lowest BCUT2D eigenvalue weighted by molar-refractivity contribution is 0.0698. The SMILES string of the molecule is N#Cc1ccc(Nc2ccc(N)cc2C(=O)O)c(Cl)c1. The van der Waals surface area contributed by atoms with Gasteiger partial charge in [-0.1, -0.05) is 11.6 Å². The topological polar surface area (TPSA) is 99.1 Å². The van der Waals surface area contributed by atoms with Crippen LogP contribution in [0.4, 0.5) is 17.1 Å². The molecule has 0 radical (unpaired) electrons. The fraction of sp³-hybridized carbons (Fsp3) is 0. The number of anilines is 3. The molecule has 5 nitrogen and oxygen atoms in total. The minimum Gasteiger partial charge on any atom is -0.478 e. The second-order valence-electron chi connectivity index (χ2n) is 4.04. The lowest BCUT2D eigenvalue weighted by Gasteiger charge is -2.11. The molecule has 20 heavy (non-hydrogen) atoms. The average molecular weight is 288 g/mol. The van der Waals surface area contributed by atoms with E-state index in [1.807, 2.05) is 6.07 Å². The Hall–Kier alpha value is -2.71. The number of nitrogens with zero attached hydrogens (tertiary/aromatic N) is 1. The quantitative estimate of drug-likeness (QED) is 0.753. The summed E-state index contributed by atoms with van der Waals surface area (Å²) in [5.41, 5.74) is 7.29. The van der Waals surface area contributed by atoms with E-state index in [9.17, 15) is 4.79 Å². The molecule has 4 N–H and O–H groups in total. The van der Waals surface area contributed by atoms with Crippen LogP contribution >= 0.6 is 11.6 Å². The molecule has 0 fully saturated rings. The van der Waals surface area contributed by atoms with E-state index >= 15 is 0 Å². The van der Waals surface area contributed by atoms with Crippen LogP contribution in [0.3, 0.4) is 0 Å². The van der Waals surface area contributed by atoms with Crippen molar-refractivity contribution in [3.05, 3.63) is 52.5 Å². The van der Waals surface area contributed by atoms with Gasteiger partial charge in [0.05, 0.1) is 33.6 Å². The molecule has 0 bridgehead atoms. The van der Waals surface area contributed by atoms with E-state index in [1.165, 1.54) is 12.1 Å². The number of nitrogens with one attached hydrogen (secondary N) is 1. The molecule has 0 aromatic heterocycles. The highest BCUT2D eigenvalue weighted by Gasteiger charge is 2.12. The Morgan fingerprint density at radius 1 is 1.25 bits per heavy atom. The van der Waals surface area contributed by atoms with Gasteiger partial charge in [-0.05, 0) is 36.4 Å². The molecular weight excluding hydrogens is 278 g/mol. The van der Waals surface area contributed by atoms with Crippen molar-refractivity contribution in [3.63, 3.8) is 0 Å². The maximum absolute atomic E-state index is 11.2. The van der Waals surface area contributed by atoms with Crippen LogP contribution in [0.1, 0.15) is 15.9 Å². The van der Waals surface area contributed by atoms with Crippen molar-refractivity contribution in [2.24, 2.45) is 0 Å². The van der Waals surface area contributed by atoms with Crippen molar-refractivity contribution in [2.45, 2.75) is 0 Å². The lowest BCUT2D eigenvalue weighted by atomic mass is 10.1. The third-order valence-electron chi connectivity index (χ3n) is 2.64. The summed E-state index contributed by atoms with van der Waals surface area (Å²) < 4.78 is 0. The van der Waals surface area contributed by atoms with E-state index in [4.69, 9.17) is 27.7 Å². The normalized spacial score (nSPS) is 9.80. The highest BCUT2D eigenvalue weighted by atomic mass is 35.5. The van der Waals surface area contributed by atoms with Crippen LogP contribution in [0.2, 0.25) is 5.02 Å². The van der Waals surface area contributed by atoms with Gasteiger partial charge in [0.25, 0.3) is 0 Å². The van der Waals surface area contributed by atoms with Crippen molar-refractivity contribution < 1.29 is 9.90 Å². The van der Waals surface area contributed by atoms with Crippen LogP contribution in [-0.4, -0.2) is 11.1 Å². The molecule has 0 atom stereocenters. The first-order chi connectivity index (χ1) is 9.51. The number of nitriles is 1. The number of carboxylic acids is 1.